The number of rotatable bonds is 9. The van der Waals surface area contributed by atoms with Crippen molar-refractivity contribution < 1.29 is 72.2 Å². The van der Waals surface area contributed by atoms with Crippen molar-refractivity contribution in [1.29, 1.82) is 0 Å². The minimum atomic E-state index is -3.92. The van der Waals surface area contributed by atoms with Crippen molar-refractivity contribution in [2.45, 2.75) is 266 Å². The number of amides is 3. The number of aromatic nitrogens is 4. The number of aromatic amines is 2. The molecule has 11 aromatic rings. The van der Waals surface area contributed by atoms with E-state index in [4.69, 9.17) is 20.1 Å². The van der Waals surface area contributed by atoms with Crippen LogP contribution in [-0.4, -0.2) is 127 Å². The Kier molecular flexibility index (Phi) is 34.0. The Morgan fingerprint density at radius 3 is 1.22 bits per heavy atom. The first-order valence-electron chi connectivity index (χ1n) is 45.1. The lowest BCUT2D eigenvalue weighted by atomic mass is 9.97. The molecule has 6 saturated heterocycles. The first-order valence-corrected chi connectivity index (χ1v) is 68.8. The fourth-order valence-electron chi connectivity index (χ4n) is 20.4. The number of hydrogen-bond acceptors (Lipinski definition) is 15. The van der Waals surface area contributed by atoms with Gasteiger partial charge >= 0.3 is 18.3 Å². The van der Waals surface area contributed by atoms with Crippen LogP contribution in [0.5, 0.6) is 0 Å². The molecule has 732 valence electrons. The molecule has 7 aromatic carbocycles. The third-order valence-electron chi connectivity index (χ3n) is 25.7. The predicted octanol–water partition coefficient (Wildman–Crippen LogP) is 26.2. The van der Waals surface area contributed by atoms with Crippen LogP contribution in [0.15, 0.2) is 155 Å². The maximum atomic E-state index is 14.3. The molecule has 18 unspecified atom stereocenters. The van der Waals surface area contributed by atoms with E-state index in [0.717, 1.165) is 113 Å². The van der Waals surface area contributed by atoms with Gasteiger partial charge in [0.1, 0.15) is 51.7 Å². The van der Waals surface area contributed by atoms with Crippen molar-refractivity contribution in [2.24, 2.45) is 5.84 Å². The number of fused-ring (bicyclic) bond motifs is 26. The van der Waals surface area contributed by atoms with Crippen molar-refractivity contribution in [2.75, 3.05) is 5.43 Å². The molecule has 136 heavy (non-hydrogen) atoms. The summed E-state index contributed by atoms with van der Waals surface area (Å²) in [6.45, 7) is 21.2. The van der Waals surface area contributed by atoms with Crippen LogP contribution >= 0.6 is 110 Å². The van der Waals surface area contributed by atoms with E-state index in [0.29, 0.717) is 82.9 Å². The number of carbonyl (C=O) groups is 4. The highest BCUT2D eigenvalue weighted by Gasteiger charge is 2.51. The normalized spacial score (nSPS) is 21.6. The predicted molar refractivity (Wildman–Crippen MR) is 571 cm³/mol. The lowest BCUT2D eigenvalue weighted by Gasteiger charge is -2.36. The molecular formula is C94H121ClF5N11O11P12S2. The fourth-order valence-corrected chi connectivity index (χ4v) is 126. The maximum absolute atomic E-state index is 14.3. The molecule has 14 heterocycles. The number of hydrogen-bond donors (Lipinski definition) is 6. The van der Waals surface area contributed by atoms with E-state index < -0.39 is 48.8 Å². The highest BCUT2D eigenvalue weighted by Crippen LogP contribution is 3.16. The Morgan fingerprint density at radius 1 is 0.419 bits per heavy atom. The minimum Gasteiger partial charge on any atom is -0.444 e. The number of nitrogen functional groups attached to an aromatic ring is 1. The van der Waals surface area contributed by atoms with Gasteiger partial charge in [-0.25, -0.2) is 61.1 Å². The SMILES string of the molecule is CC(C)(C)OC(=O)N1C2CCC1CC(=O)C2.CC(C)(C)OC(=O)N1C2CCC1c1c([nH]c3ccc(F)cc13)C2.Cc1ccc(S(=O)(=O)n2c3c(c4cc(F)ccc42)C2CCC(C3)N2)cc1.Cc1ccc(S(=O)(=O)n2c3c(c4cc(F)ccc42)C2CCC(C3)N2C(=O)OC(C)(C)C)cc1.Cl.Fc1ccc2[nH]c3c(c2c1)C1CCC(C3)N1.NNc1ccc(F)cc1.PP(P)P(P)P(P(P)P)P(P)P. The Labute approximate surface area is 820 Å². The number of nitrogens with two attached hydrogens (primary N) is 1. The number of hydrazine groups is 1. The van der Waals surface area contributed by atoms with E-state index >= 15 is 0 Å². The van der Waals surface area contributed by atoms with Crippen molar-refractivity contribution >= 4 is 203 Å². The van der Waals surface area contributed by atoms with Gasteiger partial charge in [-0.15, -0.1) is 74.9 Å². The first kappa shape index (κ1) is 107. The van der Waals surface area contributed by atoms with Gasteiger partial charge in [-0.1, -0.05) is 35.4 Å². The number of nitrogens with zero attached hydrogens (tertiary/aromatic N) is 5. The van der Waals surface area contributed by atoms with Crippen LogP contribution in [0, 0.1) is 42.9 Å². The third kappa shape index (κ3) is 23.6. The van der Waals surface area contributed by atoms with Gasteiger partial charge in [0, 0.05) is 159 Å². The number of Topliss-reactive ketones (excluding diaryl/α,β-unsaturated/α-hetero) is 1. The summed E-state index contributed by atoms with van der Waals surface area (Å²) in [4.78, 5) is 61.7. The van der Waals surface area contributed by atoms with Gasteiger partial charge in [-0.3, -0.25) is 20.4 Å². The van der Waals surface area contributed by atoms with Crippen LogP contribution in [0.25, 0.3) is 43.6 Å². The van der Waals surface area contributed by atoms with Crippen LogP contribution in [-0.2, 0) is 64.7 Å². The van der Waals surface area contributed by atoms with Crippen LogP contribution in [0.2, 0.25) is 0 Å². The molecule has 0 aliphatic carbocycles. The molecule has 6 fully saturated rings. The molecule has 18 atom stereocenters. The van der Waals surface area contributed by atoms with E-state index in [1.807, 2.05) is 87.1 Å². The molecule has 3 amide bonds. The summed E-state index contributed by atoms with van der Waals surface area (Å²) in [6.07, 6.45) is 12.5. The summed E-state index contributed by atoms with van der Waals surface area (Å²) in [5.74, 6) is 3.88. The maximum Gasteiger partial charge on any atom is 0.411 e. The van der Waals surface area contributed by atoms with E-state index in [-0.39, 0.29) is 147 Å². The molecule has 22 nitrogen and oxygen atoms in total. The molecule has 10 aliphatic rings. The zero-order valence-corrected chi connectivity index (χ0v) is 92.6. The van der Waals surface area contributed by atoms with Gasteiger partial charge in [0.05, 0.1) is 32.9 Å². The summed E-state index contributed by atoms with van der Waals surface area (Å²) < 4.78 is 141. The minimum absolute atomic E-state index is 0. The second kappa shape index (κ2) is 43.4. The average molecular weight is 2150 g/mol. The van der Waals surface area contributed by atoms with Crippen molar-refractivity contribution in [1.82, 2.24) is 43.2 Å². The van der Waals surface area contributed by atoms with E-state index in [1.54, 1.807) is 94.7 Å². The largest absolute Gasteiger partial charge is 0.444 e. The number of benzene rings is 7. The first-order chi connectivity index (χ1) is 63.6. The Morgan fingerprint density at radius 2 is 0.787 bits per heavy atom. The van der Waals surface area contributed by atoms with Gasteiger partial charge in [0.2, 0.25) is 0 Å². The van der Waals surface area contributed by atoms with Crippen LogP contribution in [0.3, 0.4) is 0 Å². The second-order valence-corrected chi connectivity index (χ2v) is 87.3. The molecule has 21 rings (SSSR count). The summed E-state index contributed by atoms with van der Waals surface area (Å²) >= 11 is 0. The summed E-state index contributed by atoms with van der Waals surface area (Å²) in [6, 6.07) is 39.0. The van der Waals surface area contributed by atoms with E-state index in [1.165, 1.54) is 86.6 Å². The molecule has 10 bridgehead atoms. The van der Waals surface area contributed by atoms with Gasteiger partial charge in [0.25, 0.3) is 20.0 Å². The van der Waals surface area contributed by atoms with Crippen LogP contribution in [0.4, 0.5) is 42.0 Å². The zero-order chi connectivity index (χ0) is 97.3. The third-order valence-corrected chi connectivity index (χ3v) is 95.9. The lowest BCUT2D eigenvalue weighted by molar-refractivity contribution is -0.123. The highest BCUT2D eigenvalue weighted by molar-refractivity contribution is 9.21. The van der Waals surface area contributed by atoms with Gasteiger partial charge in [0.15, 0.2) is 0 Å². The zero-order valence-electron chi connectivity index (χ0n) is 77.6. The highest BCUT2D eigenvalue weighted by atomic mass is 35.5. The van der Waals surface area contributed by atoms with Crippen molar-refractivity contribution in [3.05, 3.63) is 231 Å². The van der Waals surface area contributed by atoms with Crippen molar-refractivity contribution in [3.63, 3.8) is 0 Å². The molecule has 0 saturated carbocycles. The summed E-state index contributed by atoms with van der Waals surface area (Å²) in [7, 11) is 13.3. The van der Waals surface area contributed by atoms with Gasteiger partial charge in [-0.2, -0.15) is 0 Å². The molecule has 10 aliphatic heterocycles. The number of H-pyrrole nitrogens is 2. The number of anilines is 1. The standard InChI is InChI=1S/C25H27FN2O4S.C20H19FN2O2S.C18H21FN2O2.C13H13FN2.C12H19NO3.C6H7FN2.ClH.H14P12/c1-15-5-9-18(10-6-15)33(30,31)28-20-11-7-16(26)13-19(20)23-21-12-8-17(14-22(23)28)27(21)24(29)32-25(2,3)4;1-12-2-6-15(7-3-12)26(24,25)23-18-9-4-13(21)10-16(18)20-17-8-5-14(22-17)11-19(20)23;1-18(2,3)23-17(22)21-11-5-7-15(21)16-12-8-10(19)4-6-13(12)20-14(16)9-11;14-7-1-3-10-9(5-7)13-11-4-2-8(15-11)6-12(13)16-10;1-12(2,3)16-11(15)13-8-4-5-9(13)7-10(14)6-8;7-5-1-3-6(9-8)4-2-5;;1-8(2)11(7)12(9(3)4)10(5)6/h5-7,9-11,13,17,21H,8,12,14H2,1-4H3;2-4,6-7,9-10,14,17,22H,5,8,11H2,1H3;4,6,8,11,15,20H,5,7,9H2,1-3H3;1,3,5,8,11,15-16H,2,4,6H2;8-9H,4-7H2,1-3H3;1-4,9H,8H2;1H;1-7H2. The van der Waals surface area contributed by atoms with E-state index in [9.17, 15) is 58.0 Å². The van der Waals surface area contributed by atoms with Gasteiger partial charge < -0.3 is 45.1 Å². The number of ether oxygens (including phenoxy) is 3. The molecule has 0 spiro atoms. The Hall–Kier alpha value is -5.14. The number of ketones is 1. The average Bonchev–Trinajstić information content (AvgIpc) is 1.61. The molecule has 42 heteroatoms. The molecular weight excluding hydrogens is 2030 g/mol. The topological polar surface area (TPSA) is 278 Å². The summed E-state index contributed by atoms with van der Waals surface area (Å²) in [5, 5.41) is 10.3. The van der Waals surface area contributed by atoms with E-state index in [2.05, 4.69) is 88.5 Å². The molecule has 0 radical (unpaired) electrons. The molecule has 7 N–H and O–H groups in total. The van der Waals surface area contributed by atoms with Gasteiger partial charge in [-0.05, 0) is 308 Å². The number of carbonyl (C=O) groups excluding carboxylic acids is 4. The Bertz CT molecular complexity index is 6510. The quantitative estimate of drug-likeness (QED) is 0.0258. The van der Waals surface area contributed by atoms with Crippen molar-refractivity contribution in [3.8, 4) is 0 Å². The second-order valence-electron chi connectivity index (χ2n) is 38.8. The number of aryl methyl sites for hydroxylation is 2. The van der Waals surface area contributed by atoms with Crippen LogP contribution in [0.1, 0.15) is 220 Å². The smallest absolute Gasteiger partial charge is 0.411 e. The summed E-state index contributed by atoms with van der Waals surface area (Å²) in [5.41, 5.74) is 14.4. The van der Waals surface area contributed by atoms with Crippen LogP contribution < -0.4 is 21.9 Å². The monoisotopic (exact) mass is 2150 g/mol. The lowest BCUT2D eigenvalue weighted by Crippen LogP contribution is -2.48. The molecule has 4 aromatic heterocycles. The number of piperidine rings is 1. The number of nitrogens with one attached hydrogen (secondary N) is 5. The Balaban J connectivity index is 0.000000131. The fraction of sp³-hybridized carbons (Fsp3) is 0.426. The number of halogens is 6.